The summed E-state index contributed by atoms with van der Waals surface area (Å²) in [6.07, 6.45) is 4.44. The van der Waals surface area contributed by atoms with Crippen LogP contribution in [0.4, 0.5) is 0 Å². The van der Waals surface area contributed by atoms with E-state index < -0.39 is 0 Å². The summed E-state index contributed by atoms with van der Waals surface area (Å²) in [6, 6.07) is 11.6. The van der Waals surface area contributed by atoms with E-state index in [4.69, 9.17) is 4.84 Å². The van der Waals surface area contributed by atoms with E-state index in [-0.39, 0.29) is 5.72 Å². The first-order valence-electron chi connectivity index (χ1n) is 8.93. The van der Waals surface area contributed by atoms with Gasteiger partial charge in [0.1, 0.15) is 6.34 Å². The zero-order valence-corrected chi connectivity index (χ0v) is 14.6. The maximum absolute atomic E-state index is 6.13. The summed E-state index contributed by atoms with van der Waals surface area (Å²) in [4.78, 5) is 12.6. The van der Waals surface area contributed by atoms with Crippen molar-refractivity contribution in [1.82, 2.24) is 9.80 Å². The number of benzene rings is 1. The molecular weight excluding hydrogens is 318 g/mol. The Morgan fingerprint density at radius 2 is 2.17 bits per heavy atom. The van der Waals surface area contributed by atoms with Crippen molar-refractivity contribution >= 4 is 27.8 Å². The minimum atomic E-state index is -0.214. The highest BCUT2D eigenvalue weighted by molar-refractivity contribution is 7.19. The number of oxime groups is 1. The molecule has 1 aliphatic carbocycles. The lowest BCUT2D eigenvalue weighted by Crippen LogP contribution is -2.71. The van der Waals surface area contributed by atoms with E-state index in [2.05, 4.69) is 52.3 Å². The SMILES string of the molecule is CN1C=NOC12C1CC3CC2C(c2cc4ccccc4s2)N(C3)C1. The van der Waals surface area contributed by atoms with E-state index in [1.165, 1.54) is 34.3 Å². The molecule has 5 heterocycles. The molecular formula is C19H21N3OS. The molecule has 124 valence electrons. The fourth-order valence-electron chi connectivity index (χ4n) is 5.93. The lowest BCUT2D eigenvalue weighted by molar-refractivity contribution is -0.265. The van der Waals surface area contributed by atoms with Gasteiger partial charge in [-0.2, -0.15) is 0 Å². The molecule has 5 aliphatic rings. The molecule has 24 heavy (non-hydrogen) atoms. The molecule has 0 N–H and O–H groups in total. The van der Waals surface area contributed by atoms with E-state index >= 15 is 0 Å². The van der Waals surface area contributed by atoms with Crippen LogP contribution >= 0.6 is 11.3 Å². The number of hydrogen-bond donors (Lipinski definition) is 0. The van der Waals surface area contributed by atoms with Gasteiger partial charge < -0.3 is 9.74 Å². The highest BCUT2D eigenvalue weighted by Crippen LogP contribution is 2.60. The van der Waals surface area contributed by atoms with E-state index in [9.17, 15) is 0 Å². The third kappa shape index (κ3) is 1.55. The van der Waals surface area contributed by atoms with Crippen LogP contribution in [0.2, 0.25) is 0 Å². The summed E-state index contributed by atoms with van der Waals surface area (Å²) in [5.41, 5.74) is -0.214. The van der Waals surface area contributed by atoms with Crippen LogP contribution in [0.5, 0.6) is 0 Å². The van der Waals surface area contributed by atoms with Gasteiger partial charge in [-0.05, 0) is 36.3 Å². The molecule has 0 amide bonds. The van der Waals surface area contributed by atoms with Crippen molar-refractivity contribution in [2.24, 2.45) is 22.9 Å². The van der Waals surface area contributed by atoms with Crippen LogP contribution in [-0.2, 0) is 4.84 Å². The summed E-state index contributed by atoms with van der Waals surface area (Å²) >= 11 is 1.96. The number of piperidine rings is 3. The number of rotatable bonds is 1. The quantitative estimate of drug-likeness (QED) is 0.796. The molecule has 3 saturated heterocycles. The van der Waals surface area contributed by atoms with Gasteiger partial charge >= 0.3 is 0 Å². The Labute approximate surface area is 145 Å². The molecule has 0 radical (unpaired) electrons. The minimum Gasteiger partial charge on any atom is -0.365 e. The maximum atomic E-state index is 6.13. The monoisotopic (exact) mass is 339 g/mol. The van der Waals surface area contributed by atoms with Gasteiger partial charge in [-0.1, -0.05) is 23.4 Å². The molecule has 4 fully saturated rings. The van der Waals surface area contributed by atoms with Crippen molar-refractivity contribution in [3.05, 3.63) is 35.2 Å². The van der Waals surface area contributed by atoms with Gasteiger partial charge in [-0.15, -0.1) is 11.3 Å². The van der Waals surface area contributed by atoms with E-state index in [0.29, 0.717) is 17.9 Å². The summed E-state index contributed by atoms with van der Waals surface area (Å²) < 4.78 is 1.40. The molecule has 6 unspecified atom stereocenters. The first-order valence-corrected chi connectivity index (χ1v) is 9.74. The first-order chi connectivity index (χ1) is 11.8. The van der Waals surface area contributed by atoms with Crippen LogP contribution in [0.25, 0.3) is 10.1 Å². The second-order valence-corrected chi connectivity index (χ2v) is 9.02. The van der Waals surface area contributed by atoms with Crippen molar-refractivity contribution in [1.29, 1.82) is 0 Å². The molecule has 1 saturated carbocycles. The summed E-state index contributed by atoms with van der Waals surface area (Å²) in [5.74, 6) is 1.92. The fraction of sp³-hybridized carbons (Fsp3) is 0.526. The lowest BCUT2D eigenvalue weighted by atomic mass is 9.59. The smallest absolute Gasteiger partial charge is 0.219 e. The van der Waals surface area contributed by atoms with Gasteiger partial charge in [0.2, 0.25) is 5.72 Å². The molecule has 6 atom stereocenters. The maximum Gasteiger partial charge on any atom is 0.219 e. The highest BCUT2D eigenvalue weighted by Gasteiger charge is 2.66. The summed E-state index contributed by atoms with van der Waals surface area (Å²) in [6.45, 7) is 2.40. The van der Waals surface area contributed by atoms with Crippen LogP contribution in [0.3, 0.4) is 0 Å². The number of thiophene rings is 1. The second kappa shape index (κ2) is 4.52. The Balaban J connectivity index is 1.49. The molecule has 4 bridgehead atoms. The molecule has 2 aromatic rings. The average Bonchev–Trinajstić information content (AvgIpc) is 3.16. The lowest BCUT2D eigenvalue weighted by Gasteiger charge is -2.63. The van der Waals surface area contributed by atoms with Gasteiger partial charge in [0.25, 0.3) is 0 Å². The Bertz CT molecular complexity index is 815. The molecule has 4 nitrogen and oxygen atoms in total. The van der Waals surface area contributed by atoms with E-state index in [1.54, 1.807) is 0 Å². The van der Waals surface area contributed by atoms with Gasteiger partial charge in [0, 0.05) is 41.6 Å². The first kappa shape index (κ1) is 13.7. The van der Waals surface area contributed by atoms with Crippen LogP contribution in [0, 0.1) is 17.8 Å². The van der Waals surface area contributed by atoms with E-state index in [1.807, 2.05) is 17.7 Å². The van der Waals surface area contributed by atoms with Crippen molar-refractivity contribution in [2.45, 2.75) is 24.6 Å². The predicted molar refractivity (Wildman–Crippen MR) is 95.9 cm³/mol. The minimum absolute atomic E-state index is 0.214. The third-order valence-electron chi connectivity index (χ3n) is 6.75. The Hall–Kier alpha value is -1.59. The van der Waals surface area contributed by atoms with Gasteiger partial charge in [-0.25, -0.2) is 0 Å². The van der Waals surface area contributed by atoms with Crippen molar-refractivity contribution < 1.29 is 4.84 Å². The van der Waals surface area contributed by atoms with Crippen molar-refractivity contribution in [2.75, 3.05) is 20.1 Å². The Morgan fingerprint density at radius 3 is 3.00 bits per heavy atom. The Kier molecular flexibility index (Phi) is 2.58. The van der Waals surface area contributed by atoms with Crippen LogP contribution < -0.4 is 0 Å². The highest BCUT2D eigenvalue weighted by atomic mass is 32.1. The van der Waals surface area contributed by atoms with Gasteiger partial charge in [0.15, 0.2) is 0 Å². The molecule has 7 rings (SSSR count). The van der Waals surface area contributed by atoms with Gasteiger partial charge in [0.05, 0.1) is 6.04 Å². The molecule has 4 aliphatic heterocycles. The Morgan fingerprint density at radius 1 is 1.25 bits per heavy atom. The largest absolute Gasteiger partial charge is 0.365 e. The number of hydrogen-bond acceptors (Lipinski definition) is 5. The number of fused-ring (bicyclic) bond motifs is 1. The molecule has 1 aromatic carbocycles. The predicted octanol–water partition coefficient (Wildman–Crippen LogP) is 3.52. The standard InChI is InChI=1S/C19H21N3OS/c1-21-11-20-23-19(21)14-6-12-7-15(19)18(22(9-12)10-14)17-8-13-4-2-3-5-16(13)24-17/h2-5,8,11-12,14-15,18H,6-7,9-10H2,1H3. The summed E-state index contributed by atoms with van der Waals surface area (Å²) in [7, 11) is 2.15. The zero-order valence-electron chi connectivity index (χ0n) is 13.8. The van der Waals surface area contributed by atoms with Crippen LogP contribution in [0.1, 0.15) is 23.8 Å². The summed E-state index contributed by atoms with van der Waals surface area (Å²) in [5, 5.41) is 5.59. The molecule has 5 heteroatoms. The molecule has 1 spiro atoms. The van der Waals surface area contributed by atoms with E-state index in [0.717, 1.165) is 12.5 Å². The van der Waals surface area contributed by atoms with Crippen molar-refractivity contribution in [3.8, 4) is 0 Å². The third-order valence-corrected chi connectivity index (χ3v) is 7.94. The topological polar surface area (TPSA) is 28.1 Å². The number of nitrogens with zero attached hydrogens (tertiary/aromatic N) is 3. The van der Waals surface area contributed by atoms with Gasteiger partial charge in [-0.3, -0.25) is 4.90 Å². The zero-order chi connectivity index (χ0) is 15.9. The average molecular weight is 339 g/mol. The van der Waals surface area contributed by atoms with Crippen LogP contribution in [-0.4, -0.2) is 42.0 Å². The van der Waals surface area contributed by atoms with Crippen molar-refractivity contribution in [3.63, 3.8) is 0 Å². The normalized spacial score (nSPS) is 42.4. The fourth-order valence-corrected chi connectivity index (χ4v) is 7.20. The second-order valence-electron chi connectivity index (χ2n) is 7.90. The molecule has 1 aromatic heterocycles. The van der Waals surface area contributed by atoms with Crippen LogP contribution in [0.15, 0.2) is 35.5 Å².